The molecule has 0 radical (unpaired) electrons. The van der Waals surface area contributed by atoms with Gasteiger partial charge in [-0.15, -0.1) is 0 Å². The molecule has 0 bridgehead atoms. The Morgan fingerprint density at radius 2 is 1.92 bits per heavy atom. The SMILES string of the molecule is Cc1nc(-c2cccc(O)c2)nc(Nc2ccc3[nH]ncc3c2)c1C. The Morgan fingerprint density at radius 1 is 1.04 bits per heavy atom. The molecule has 4 aromatic rings. The van der Waals surface area contributed by atoms with Crippen LogP contribution in [0.1, 0.15) is 11.3 Å². The van der Waals surface area contributed by atoms with Gasteiger partial charge in [0.05, 0.1) is 11.7 Å². The molecular weight excluding hydrogens is 314 g/mol. The first-order chi connectivity index (χ1) is 12.1. The van der Waals surface area contributed by atoms with Crippen LogP contribution < -0.4 is 5.32 Å². The number of hydrogen-bond acceptors (Lipinski definition) is 5. The van der Waals surface area contributed by atoms with Crippen LogP contribution in [0.3, 0.4) is 0 Å². The van der Waals surface area contributed by atoms with E-state index in [0.717, 1.165) is 39.2 Å². The van der Waals surface area contributed by atoms with Gasteiger partial charge in [-0.05, 0) is 44.2 Å². The number of fused-ring (bicyclic) bond motifs is 1. The minimum Gasteiger partial charge on any atom is -0.508 e. The number of nitrogens with one attached hydrogen (secondary N) is 2. The van der Waals surface area contributed by atoms with Crippen LogP contribution in [0.4, 0.5) is 11.5 Å². The maximum absolute atomic E-state index is 9.70. The molecule has 0 unspecified atom stereocenters. The van der Waals surface area contributed by atoms with Crippen LogP contribution in [-0.2, 0) is 0 Å². The first-order valence-electron chi connectivity index (χ1n) is 7.95. The highest BCUT2D eigenvalue weighted by Crippen LogP contribution is 2.27. The molecule has 0 aliphatic carbocycles. The summed E-state index contributed by atoms with van der Waals surface area (Å²) in [5, 5.41) is 21.1. The lowest BCUT2D eigenvalue weighted by Gasteiger charge is -2.13. The van der Waals surface area contributed by atoms with Crippen molar-refractivity contribution in [1.82, 2.24) is 20.2 Å². The second kappa shape index (κ2) is 5.90. The molecule has 0 fully saturated rings. The summed E-state index contributed by atoms with van der Waals surface area (Å²) in [5.41, 5.74) is 4.56. The molecule has 0 saturated carbocycles. The average molecular weight is 331 g/mol. The van der Waals surface area contributed by atoms with Crippen molar-refractivity contribution in [3.8, 4) is 17.1 Å². The van der Waals surface area contributed by atoms with E-state index >= 15 is 0 Å². The molecule has 2 aromatic carbocycles. The molecule has 0 atom stereocenters. The normalized spacial score (nSPS) is 11.0. The zero-order chi connectivity index (χ0) is 17.4. The van der Waals surface area contributed by atoms with Crippen molar-refractivity contribution in [3.63, 3.8) is 0 Å². The fourth-order valence-electron chi connectivity index (χ4n) is 2.68. The molecule has 0 spiro atoms. The van der Waals surface area contributed by atoms with Crippen LogP contribution in [0.25, 0.3) is 22.3 Å². The molecular formula is C19H17N5O. The summed E-state index contributed by atoms with van der Waals surface area (Å²) in [4.78, 5) is 9.20. The number of H-pyrrole nitrogens is 1. The van der Waals surface area contributed by atoms with Crippen molar-refractivity contribution < 1.29 is 5.11 Å². The third-order valence-corrected chi connectivity index (χ3v) is 4.20. The summed E-state index contributed by atoms with van der Waals surface area (Å²) >= 11 is 0. The summed E-state index contributed by atoms with van der Waals surface area (Å²) in [7, 11) is 0. The van der Waals surface area contributed by atoms with Crippen molar-refractivity contribution in [1.29, 1.82) is 0 Å². The Morgan fingerprint density at radius 3 is 2.76 bits per heavy atom. The van der Waals surface area contributed by atoms with Gasteiger partial charge in [0.2, 0.25) is 0 Å². The summed E-state index contributed by atoms with van der Waals surface area (Å²) < 4.78 is 0. The Labute approximate surface area is 144 Å². The highest BCUT2D eigenvalue weighted by Gasteiger charge is 2.11. The fraction of sp³-hybridized carbons (Fsp3) is 0.105. The molecule has 4 rings (SSSR count). The number of aromatic hydroxyl groups is 1. The Balaban J connectivity index is 1.75. The number of phenolic OH excluding ortho intramolecular Hbond substituents is 1. The van der Waals surface area contributed by atoms with Gasteiger partial charge in [-0.3, -0.25) is 5.10 Å². The smallest absolute Gasteiger partial charge is 0.161 e. The van der Waals surface area contributed by atoms with Gasteiger partial charge in [0.25, 0.3) is 0 Å². The number of anilines is 2. The van der Waals surface area contributed by atoms with Gasteiger partial charge in [0.1, 0.15) is 11.6 Å². The third kappa shape index (κ3) is 2.89. The predicted molar refractivity (Wildman–Crippen MR) is 98.0 cm³/mol. The molecule has 0 saturated heterocycles. The lowest BCUT2D eigenvalue weighted by atomic mass is 10.1. The van der Waals surface area contributed by atoms with E-state index in [4.69, 9.17) is 0 Å². The van der Waals surface area contributed by atoms with Gasteiger partial charge in [-0.1, -0.05) is 12.1 Å². The Kier molecular flexibility index (Phi) is 3.57. The molecule has 124 valence electrons. The van der Waals surface area contributed by atoms with Gasteiger partial charge in [0.15, 0.2) is 5.82 Å². The van der Waals surface area contributed by atoms with Crippen molar-refractivity contribution in [2.75, 3.05) is 5.32 Å². The van der Waals surface area contributed by atoms with E-state index in [2.05, 4.69) is 25.5 Å². The lowest BCUT2D eigenvalue weighted by Crippen LogP contribution is -2.03. The minimum absolute atomic E-state index is 0.194. The fourth-order valence-corrected chi connectivity index (χ4v) is 2.68. The van der Waals surface area contributed by atoms with Crippen LogP contribution >= 0.6 is 0 Å². The number of rotatable bonds is 3. The zero-order valence-electron chi connectivity index (χ0n) is 13.9. The van der Waals surface area contributed by atoms with Crippen molar-refractivity contribution in [3.05, 3.63) is 59.9 Å². The van der Waals surface area contributed by atoms with Gasteiger partial charge < -0.3 is 10.4 Å². The molecule has 0 amide bonds. The van der Waals surface area contributed by atoms with E-state index in [1.165, 1.54) is 0 Å². The van der Waals surface area contributed by atoms with E-state index in [-0.39, 0.29) is 5.75 Å². The third-order valence-electron chi connectivity index (χ3n) is 4.20. The number of benzene rings is 2. The zero-order valence-corrected chi connectivity index (χ0v) is 13.9. The van der Waals surface area contributed by atoms with E-state index in [1.807, 2.05) is 38.1 Å². The maximum Gasteiger partial charge on any atom is 0.161 e. The van der Waals surface area contributed by atoms with E-state index in [9.17, 15) is 5.11 Å². The molecule has 2 aromatic heterocycles. The van der Waals surface area contributed by atoms with Gasteiger partial charge in [-0.2, -0.15) is 5.10 Å². The maximum atomic E-state index is 9.70. The predicted octanol–water partition coefficient (Wildman–Crippen LogP) is 4.09. The van der Waals surface area contributed by atoms with Gasteiger partial charge in [-0.25, -0.2) is 9.97 Å². The number of aromatic nitrogens is 4. The summed E-state index contributed by atoms with van der Waals surface area (Å²) in [6, 6.07) is 12.9. The average Bonchev–Trinajstić information content (AvgIpc) is 3.06. The number of phenols is 1. The topological polar surface area (TPSA) is 86.7 Å². The minimum atomic E-state index is 0.194. The van der Waals surface area contributed by atoms with Crippen molar-refractivity contribution >= 4 is 22.4 Å². The van der Waals surface area contributed by atoms with Gasteiger partial charge >= 0.3 is 0 Å². The van der Waals surface area contributed by atoms with E-state index in [1.54, 1.807) is 24.4 Å². The summed E-state index contributed by atoms with van der Waals surface area (Å²) in [6.07, 6.45) is 1.79. The van der Waals surface area contributed by atoms with Crippen LogP contribution in [-0.4, -0.2) is 25.3 Å². The van der Waals surface area contributed by atoms with Crippen molar-refractivity contribution in [2.45, 2.75) is 13.8 Å². The molecule has 0 aliphatic rings. The second-order valence-electron chi connectivity index (χ2n) is 5.95. The van der Waals surface area contributed by atoms with Crippen molar-refractivity contribution in [2.24, 2.45) is 0 Å². The lowest BCUT2D eigenvalue weighted by molar-refractivity contribution is 0.475. The Bertz CT molecular complexity index is 1070. The van der Waals surface area contributed by atoms with E-state index in [0.29, 0.717) is 5.82 Å². The number of aromatic amines is 1. The molecule has 6 heteroatoms. The highest BCUT2D eigenvalue weighted by atomic mass is 16.3. The first-order valence-corrected chi connectivity index (χ1v) is 7.95. The summed E-state index contributed by atoms with van der Waals surface area (Å²) in [6.45, 7) is 3.94. The van der Waals surface area contributed by atoms with Crippen LogP contribution in [0.5, 0.6) is 5.75 Å². The monoisotopic (exact) mass is 331 g/mol. The molecule has 0 aliphatic heterocycles. The summed E-state index contributed by atoms with van der Waals surface area (Å²) in [5.74, 6) is 1.51. The van der Waals surface area contributed by atoms with Crippen LogP contribution in [0.15, 0.2) is 48.7 Å². The number of nitrogens with zero attached hydrogens (tertiary/aromatic N) is 3. The molecule has 25 heavy (non-hydrogen) atoms. The quantitative estimate of drug-likeness (QED) is 0.526. The molecule has 6 nitrogen and oxygen atoms in total. The standard InChI is InChI=1S/C19H17N5O/c1-11-12(2)21-19(13-4-3-5-16(25)9-13)23-18(11)22-15-6-7-17-14(8-15)10-20-24-17/h3-10,25H,1-2H3,(H,20,24)(H,21,22,23). The Hall–Kier alpha value is -3.41. The number of aryl methyl sites for hydroxylation is 1. The molecule has 3 N–H and O–H groups in total. The molecule has 2 heterocycles. The second-order valence-corrected chi connectivity index (χ2v) is 5.95. The first kappa shape index (κ1) is 15.1. The van der Waals surface area contributed by atoms with Gasteiger partial charge in [0, 0.05) is 27.9 Å². The van der Waals surface area contributed by atoms with E-state index < -0.39 is 0 Å². The largest absolute Gasteiger partial charge is 0.508 e. The number of hydrogen-bond donors (Lipinski definition) is 3. The van der Waals surface area contributed by atoms with Crippen LogP contribution in [0, 0.1) is 13.8 Å². The highest BCUT2D eigenvalue weighted by molar-refractivity contribution is 5.83. The van der Waals surface area contributed by atoms with Crippen LogP contribution in [0.2, 0.25) is 0 Å².